The summed E-state index contributed by atoms with van der Waals surface area (Å²) < 4.78 is 5.31. The average molecular weight is 185 g/mol. The first kappa shape index (κ1) is 12.7. The Labute approximate surface area is 82.4 Å². The van der Waals surface area contributed by atoms with E-state index in [0.717, 1.165) is 19.4 Å². The van der Waals surface area contributed by atoms with Crippen molar-refractivity contribution in [1.82, 2.24) is 5.32 Å². The van der Waals surface area contributed by atoms with E-state index in [2.05, 4.69) is 25.7 Å². The molecule has 0 aromatic carbocycles. The van der Waals surface area contributed by atoms with E-state index >= 15 is 0 Å². The fourth-order valence-corrected chi connectivity index (χ4v) is 1.29. The Morgan fingerprint density at radius 1 is 1.54 bits per heavy atom. The summed E-state index contributed by atoms with van der Waals surface area (Å²) >= 11 is 0. The highest BCUT2D eigenvalue weighted by molar-refractivity contribution is 4.78. The maximum absolute atomic E-state index is 5.31. The molecule has 0 aliphatic carbocycles. The molecule has 0 aliphatic heterocycles. The van der Waals surface area contributed by atoms with Crippen molar-refractivity contribution >= 4 is 0 Å². The minimum atomic E-state index is 0.284. The molecule has 0 aromatic heterocycles. The van der Waals surface area contributed by atoms with Gasteiger partial charge in [0.05, 0.1) is 6.10 Å². The van der Waals surface area contributed by atoms with Gasteiger partial charge < -0.3 is 10.1 Å². The maximum atomic E-state index is 5.31. The Hall–Kier alpha value is -0.340. The number of hydrogen-bond acceptors (Lipinski definition) is 2. The molecule has 0 aliphatic rings. The first-order valence-corrected chi connectivity index (χ1v) is 5.13. The van der Waals surface area contributed by atoms with Crippen LogP contribution in [0.2, 0.25) is 0 Å². The quantitative estimate of drug-likeness (QED) is 0.586. The van der Waals surface area contributed by atoms with E-state index in [4.69, 9.17) is 4.74 Å². The molecule has 0 rings (SSSR count). The molecule has 2 atom stereocenters. The first-order chi connectivity index (χ1) is 6.26. The molecule has 0 spiro atoms. The van der Waals surface area contributed by atoms with Crippen molar-refractivity contribution in [2.45, 2.75) is 45.3 Å². The molecular formula is C11H23NO. The SMILES string of the molecule is C=CCCC(NCCC)C(C)OC. The van der Waals surface area contributed by atoms with Crippen LogP contribution >= 0.6 is 0 Å². The van der Waals surface area contributed by atoms with Gasteiger partial charge in [-0.05, 0) is 32.7 Å². The molecule has 2 nitrogen and oxygen atoms in total. The van der Waals surface area contributed by atoms with Crippen molar-refractivity contribution in [2.24, 2.45) is 0 Å². The zero-order valence-corrected chi connectivity index (χ0v) is 9.18. The van der Waals surface area contributed by atoms with Gasteiger partial charge in [-0.2, -0.15) is 0 Å². The molecule has 13 heavy (non-hydrogen) atoms. The minimum Gasteiger partial charge on any atom is -0.380 e. The highest BCUT2D eigenvalue weighted by Crippen LogP contribution is 2.05. The molecule has 0 aromatic rings. The predicted molar refractivity (Wildman–Crippen MR) is 58.0 cm³/mol. The molecule has 2 heteroatoms. The summed E-state index contributed by atoms with van der Waals surface area (Å²) in [6.07, 6.45) is 5.57. The molecule has 0 amide bonds. The summed E-state index contributed by atoms with van der Waals surface area (Å²) in [7, 11) is 1.76. The highest BCUT2D eigenvalue weighted by Gasteiger charge is 2.14. The van der Waals surface area contributed by atoms with Gasteiger partial charge in [0.2, 0.25) is 0 Å². The lowest BCUT2D eigenvalue weighted by Crippen LogP contribution is -2.39. The maximum Gasteiger partial charge on any atom is 0.0696 e. The zero-order valence-electron chi connectivity index (χ0n) is 9.18. The van der Waals surface area contributed by atoms with Gasteiger partial charge in [0.25, 0.3) is 0 Å². The number of rotatable bonds is 8. The molecule has 0 saturated heterocycles. The monoisotopic (exact) mass is 185 g/mol. The van der Waals surface area contributed by atoms with Crippen LogP contribution in [0.5, 0.6) is 0 Å². The van der Waals surface area contributed by atoms with Crippen LogP contribution in [0, 0.1) is 0 Å². The molecule has 78 valence electrons. The predicted octanol–water partition coefficient (Wildman–Crippen LogP) is 2.36. The van der Waals surface area contributed by atoms with Gasteiger partial charge in [-0.25, -0.2) is 0 Å². The average Bonchev–Trinajstić information content (AvgIpc) is 2.17. The van der Waals surface area contributed by atoms with E-state index in [1.165, 1.54) is 6.42 Å². The van der Waals surface area contributed by atoms with Gasteiger partial charge >= 0.3 is 0 Å². The van der Waals surface area contributed by atoms with Crippen LogP contribution in [0.25, 0.3) is 0 Å². The summed E-state index contributed by atoms with van der Waals surface area (Å²) in [5.74, 6) is 0. The van der Waals surface area contributed by atoms with Crippen LogP contribution in [-0.2, 0) is 4.74 Å². The Morgan fingerprint density at radius 2 is 2.23 bits per heavy atom. The number of ether oxygens (including phenoxy) is 1. The Bertz CT molecular complexity index is 125. The summed E-state index contributed by atoms with van der Waals surface area (Å²) in [6, 6.07) is 0.461. The van der Waals surface area contributed by atoms with E-state index in [-0.39, 0.29) is 6.10 Å². The molecule has 0 saturated carbocycles. The number of allylic oxidation sites excluding steroid dienone is 1. The van der Waals surface area contributed by atoms with Gasteiger partial charge in [0.15, 0.2) is 0 Å². The molecule has 2 unspecified atom stereocenters. The number of hydrogen-bond donors (Lipinski definition) is 1. The third-order valence-electron chi connectivity index (χ3n) is 2.28. The summed E-state index contributed by atoms with van der Waals surface area (Å²) in [6.45, 7) is 9.08. The van der Waals surface area contributed by atoms with E-state index in [1.807, 2.05) is 6.08 Å². The van der Waals surface area contributed by atoms with E-state index in [9.17, 15) is 0 Å². The second kappa shape index (κ2) is 8.27. The van der Waals surface area contributed by atoms with Crippen LogP contribution in [0.3, 0.4) is 0 Å². The van der Waals surface area contributed by atoms with Crippen molar-refractivity contribution in [3.63, 3.8) is 0 Å². The molecule has 0 heterocycles. The highest BCUT2D eigenvalue weighted by atomic mass is 16.5. The zero-order chi connectivity index (χ0) is 10.1. The van der Waals surface area contributed by atoms with Crippen LogP contribution in [0.4, 0.5) is 0 Å². The van der Waals surface area contributed by atoms with Gasteiger partial charge in [0, 0.05) is 13.2 Å². The number of methoxy groups -OCH3 is 1. The molecular weight excluding hydrogens is 162 g/mol. The Balaban J connectivity index is 3.78. The first-order valence-electron chi connectivity index (χ1n) is 5.13. The smallest absolute Gasteiger partial charge is 0.0696 e. The van der Waals surface area contributed by atoms with Crippen molar-refractivity contribution in [1.29, 1.82) is 0 Å². The summed E-state index contributed by atoms with van der Waals surface area (Å²) in [4.78, 5) is 0. The van der Waals surface area contributed by atoms with E-state index in [0.29, 0.717) is 6.04 Å². The summed E-state index contributed by atoms with van der Waals surface area (Å²) in [5, 5.41) is 3.48. The van der Waals surface area contributed by atoms with Crippen molar-refractivity contribution in [3.05, 3.63) is 12.7 Å². The van der Waals surface area contributed by atoms with Crippen molar-refractivity contribution in [3.8, 4) is 0 Å². The van der Waals surface area contributed by atoms with Gasteiger partial charge in [0.1, 0.15) is 0 Å². The van der Waals surface area contributed by atoms with Crippen molar-refractivity contribution in [2.75, 3.05) is 13.7 Å². The largest absolute Gasteiger partial charge is 0.380 e. The van der Waals surface area contributed by atoms with Crippen LogP contribution < -0.4 is 5.32 Å². The van der Waals surface area contributed by atoms with E-state index in [1.54, 1.807) is 7.11 Å². The fourth-order valence-electron chi connectivity index (χ4n) is 1.29. The molecule has 0 radical (unpaired) electrons. The second-order valence-electron chi connectivity index (χ2n) is 3.37. The lowest BCUT2D eigenvalue weighted by molar-refractivity contribution is 0.0804. The van der Waals surface area contributed by atoms with Gasteiger partial charge in [-0.15, -0.1) is 6.58 Å². The van der Waals surface area contributed by atoms with Crippen molar-refractivity contribution < 1.29 is 4.74 Å². The van der Waals surface area contributed by atoms with Gasteiger partial charge in [-0.1, -0.05) is 13.0 Å². The van der Waals surface area contributed by atoms with Crippen LogP contribution in [0.1, 0.15) is 33.1 Å². The Kier molecular flexibility index (Phi) is 8.05. The van der Waals surface area contributed by atoms with Gasteiger partial charge in [-0.3, -0.25) is 0 Å². The van der Waals surface area contributed by atoms with E-state index < -0.39 is 0 Å². The lowest BCUT2D eigenvalue weighted by atomic mass is 10.1. The molecule has 0 bridgehead atoms. The van der Waals surface area contributed by atoms with Crippen LogP contribution in [0.15, 0.2) is 12.7 Å². The third-order valence-corrected chi connectivity index (χ3v) is 2.28. The summed E-state index contributed by atoms with van der Waals surface area (Å²) in [5.41, 5.74) is 0. The standard InChI is InChI=1S/C11H23NO/c1-5-7-8-11(10(3)13-4)12-9-6-2/h5,10-12H,1,6-9H2,2-4H3. The fraction of sp³-hybridized carbons (Fsp3) is 0.818. The van der Waals surface area contributed by atoms with Crippen LogP contribution in [-0.4, -0.2) is 25.8 Å². The molecule has 1 N–H and O–H groups in total. The minimum absolute atomic E-state index is 0.284. The second-order valence-corrected chi connectivity index (χ2v) is 3.37. The Morgan fingerprint density at radius 3 is 2.69 bits per heavy atom. The number of nitrogens with one attached hydrogen (secondary N) is 1. The third kappa shape index (κ3) is 5.83. The lowest BCUT2D eigenvalue weighted by Gasteiger charge is -2.23. The topological polar surface area (TPSA) is 21.3 Å². The normalized spacial score (nSPS) is 15.3. The molecule has 0 fully saturated rings.